The van der Waals surface area contributed by atoms with E-state index >= 15 is 0 Å². The number of carbonyl (C=O) groups is 1. The molecule has 4 nitrogen and oxygen atoms in total. The van der Waals surface area contributed by atoms with Gasteiger partial charge in [-0.15, -0.1) is 0 Å². The van der Waals surface area contributed by atoms with E-state index < -0.39 is 0 Å². The van der Waals surface area contributed by atoms with Crippen LogP contribution in [-0.4, -0.2) is 42.2 Å². The lowest BCUT2D eigenvalue weighted by molar-refractivity contribution is -0.125. The Bertz CT molecular complexity index is 542. The normalized spacial score (nSPS) is 20.0. The molecule has 0 spiro atoms. The summed E-state index contributed by atoms with van der Waals surface area (Å²) in [5.74, 6) is 0.883. The molecule has 0 bridgehead atoms. The van der Waals surface area contributed by atoms with Crippen LogP contribution in [0.2, 0.25) is 0 Å². The Morgan fingerprint density at radius 1 is 1.57 bits per heavy atom. The SMILES string of the molecule is COc1ccc(Br)cc1/C=C/C(=O)N1CCC(C(C)O)C1. The number of rotatable bonds is 4. The maximum atomic E-state index is 12.2. The molecule has 0 aromatic heterocycles. The van der Waals surface area contributed by atoms with E-state index in [1.54, 1.807) is 31.1 Å². The average Bonchev–Trinajstić information content (AvgIpc) is 2.95. The second-order valence-corrected chi connectivity index (χ2v) is 6.21. The maximum absolute atomic E-state index is 12.2. The first-order chi connectivity index (χ1) is 10.0. The van der Waals surface area contributed by atoms with Gasteiger partial charge in [-0.2, -0.15) is 0 Å². The molecule has 2 atom stereocenters. The first-order valence-electron chi connectivity index (χ1n) is 7.00. The van der Waals surface area contributed by atoms with Crippen LogP contribution in [0.3, 0.4) is 0 Å². The summed E-state index contributed by atoms with van der Waals surface area (Å²) in [6.07, 6.45) is 3.82. The number of aliphatic hydroxyl groups is 1. The van der Waals surface area contributed by atoms with Crippen LogP contribution in [0.15, 0.2) is 28.7 Å². The third-order valence-corrected chi connectivity index (χ3v) is 4.31. The summed E-state index contributed by atoms with van der Waals surface area (Å²) in [4.78, 5) is 14.0. The lowest BCUT2D eigenvalue weighted by Gasteiger charge is -2.16. The summed E-state index contributed by atoms with van der Waals surface area (Å²) in [6, 6.07) is 5.66. The Morgan fingerprint density at radius 3 is 2.95 bits per heavy atom. The van der Waals surface area contributed by atoms with Crippen molar-refractivity contribution in [2.24, 2.45) is 5.92 Å². The molecule has 0 radical (unpaired) electrons. The van der Waals surface area contributed by atoms with E-state index in [0.29, 0.717) is 13.1 Å². The molecule has 2 rings (SSSR count). The quantitative estimate of drug-likeness (QED) is 0.846. The third kappa shape index (κ3) is 4.08. The van der Waals surface area contributed by atoms with Crippen LogP contribution in [0.25, 0.3) is 6.08 Å². The molecule has 1 N–H and O–H groups in total. The number of carbonyl (C=O) groups excluding carboxylic acids is 1. The fraction of sp³-hybridized carbons (Fsp3) is 0.438. The summed E-state index contributed by atoms with van der Waals surface area (Å²) in [5, 5.41) is 9.58. The van der Waals surface area contributed by atoms with Crippen molar-refractivity contribution in [2.45, 2.75) is 19.4 Å². The zero-order chi connectivity index (χ0) is 15.4. The topological polar surface area (TPSA) is 49.8 Å². The molecule has 1 aromatic rings. The van der Waals surface area contributed by atoms with Gasteiger partial charge >= 0.3 is 0 Å². The van der Waals surface area contributed by atoms with E-state index in [4.69, 9.17) is 4.74 Å². The number of hydrogen-bond donors (Lipinski definition) is 1. The van der Waals surface area contributed by atoms with Crippen LogP contribution in [0.4, 0.5) is 0 Å². The summed E-state index contributed by atoms with van der Waals surface area (Å²) >= 11 is 3.41. The molecule has 2 unspecified atom stereocenters. The molecule has 5 heteroatoms. The molecule has 0 saturated carbocycles. The van der Waals surface area contributed by atoms with Crippen LogP contribution < -0.4 is 4.74 Å². The molecule has 1 aliphatic rings. The van der Waals surface area contributed by atoms with Crippen LogP contribution in [-0.2, 0) is 4.79 Å². The highest BCUT2D eigenvalue weighted by Gasteiger charge is 2.27. The molecule has 1 saturated heterocycles. The largest absolute Gasteiger partial charge is 0.496 e. The minimum Gasteiger partial charge on any atom is -0.496 e. The summed E-state index contributed by atoms with van der Waals surface area (Å²) < 4.78 is 6.21. The van der Waals surface area contributed by atoms with E-state index in [-0.39, 0.29) is 17.9 Å². The van der Waals surface area contributed by atoms with Crippen molar-refractivity contribution in [1.29, 1.82) is 0 Å². The van der Waals surface area contributed by atoms with Gasteiger partial charge in [-0.1, -0.05) is 15.9 Å². The summed E-state index contributed by atoms with van der Waals surface area (Å²) in [7, 11) is 1.61. The van der Waals surface area contributed by atoms with Crippen LogP contribution >= 0.6 is 15.9 Å². The molecular formula is C16H20BrNO3. The van der Waals surface area contributed by atoms with Crippen molar-refractivity contribution >= 4 is 27.9 Å². The zero-order valence-electron chi connectivity index (χ0n) is 12.3. The standard InChI is InChI=1S/C16H20BrNO3/c1-11(19)13-7-8-18(10-13)16(20)6-3-12-9-14(17)4-5-15(12)21-2/h3-6,9,11,13,19H,7-8,10H2,1-2H3/b6-3+. The van der Waals surface area contributed by atoms with E-state index in [0.717, 1.165) is 22.2 Å². The second kappa shape index (κ2) is 7.09. The van der Waals surface area contributed by atoms with Crippen molar-refractivity contribution < 1.29 is 14.6 Å². The van der Waals surface area contributed by atoms with Gasteiger partial charge in [0.1, 0.15) is 5.75 Å². The number of benzene rings is 1. The van der Waals surface area contributed by atoms with Gasteiger partial charge in [-0.05, 0) is 37.6 Å². The minimum atomic E-state index is -0.364. The van der Waals surface area contributed by atoms with Gasteiger partial charge < -0.3 is 14.7 Å². The van der Waals surface area contributed by atoms with Crippen molar-refractivity contribution in [2.75, 3.05) is 20.2 Å². The number of likely N-dealkylation sites (tertiary alicyclic amines) is 1. The number of ether oxygens (including phenoxy) is 1. The monoisotopic (exact) mass is 353 g/mol. The van der Waals surface area contributed by atoms with Gasteiger partial charge in [0.05, 0.1) is 13.2 Å². The number of amides is 1. The highest BCUT2D eigenvalue weighted by atomic mass is 79.9. The zero-order valence-corrected chi connectivity index (χ0v) is 13.8. The number of halogens is 1. The number of hydrogen-bond acceptors (Lipinski definition) is 3. The fourth-order valence-electron chi connectivity index (χ4n) is 2.48. The average molecular weight is 354 g/mol. The molecule has 1 heterocycles. The van der Waals surface area contributed by atoms with Gasteiger partial charge in [0.2, 0.25) is 5.91 Å². The van der Waals surface area contributed by atoms with Crippen molar-refractivity contribution in [3.63, 3.8) is 0 Å². The van der Waals surface area contributed by atoms with E-state index in [2.05, 4.69) is 15.9 Å². The maximum Gasteiger partial charge on any atom is 0.246 e. The van der Waals surface area contributed by atoms with Crippen molar-refractivity contribution in [3.05, 3.63) is 34.3 Å². The van der Waals surface area contributed by atoms with Gasteiger partial charge in [0, 0.05) is 35.1 Å². The molecule has 0 aliphatic carbocycles. The number of nitrogens with zero attached hydrogens (tertiary/aromatic N) is 1. The van der Waals surface area contributed by atoms with E-state index in [9.17, 15) is 9.90 Å². The van der Waals surface area contributed by atoms with Crippen molar-refractivity contribution in [3.8, 4) is 5.75 Å². The Kier molecular flexibility index (Phi) is 5.42. The lowest BCUT2D eigenvalue weighted by atomic mass is 10.0. The number of methoxy groups -OCH3 is 1. The molecule has 1 aliphatic heterocycles. The smallest absolute Gasteiger partial charge is 0.246 e. The molecule has 21 heavy (non-hydrogen) atoms. The highest BCUT2D eigenvalue weighted by Crippen LogP contribution is 2.25. The first kappa shape index (κ1) is 16.0. The highest BCUT2D eigenvalue weighted by molar-refractivity contribution is 9.10. The Labute approximate surface area is 133 Å². The van der Waals surface area contributed by atoms with Crippen LogP contribution in [0, 0.1) is 5.92 Å². The number of aliphatic hydroxyl groups excluding tert-OH is 1. The molecule has 114 valence electrons. The predicted octanol–water partition coefficient (Wildman–Crippen LogP) is 2.70. The van der Waals surface area contributed by atoms with Gasteiger partial charge in [-0.25, -0.2) is 0 Å². The first-order valence-corrected chi connectivity index (χ1v) is 7.79. The van der Waals surface area contributed by atoms with Crippen molar-refractivity contribution in [1.82, 2.24) is 4.90 Å². The Balaban J connectivity index is 2.04. The van der Waals surface area contributed by atoms with Crippen LogP contribution in [0.1, 0.15) is 18.9 Å². The van der Waals surface area contributed by atoms with Gasteiger partial charge in [-0.3, -0.25) is 4.79 Å². The van der Waals surface area contributed by atoms with Crippen LogP contribution in [0.5, 0.6) is 5.75 Å². The molecule has 1 aromatic carbocycles. The van der Waals surface area contributed by atoms with E-state index in [1.807, 2.05) is 18.2 Å². The summed E-state index contributed by atoms with van der Waals surface area (Å²) in [5.41, 5.74) is 0.853. The molecule has 1 amide bonds. The lowest BCUT2D eigenvalue weighted by Crippen LogP contribution is -2.28. The molecular weight excluding hydrogens is 334 g/mol. The minimum absolute atomic E-state index is 0.0276. The predicted molar refractivity (Wildman–Crippen MR) is 86.1 cm³/mol. The fourth-order valence-corrected chi connectivity index (χ4v) is 2.86. The van der Waals surface area contributed by atoms with Gasteiger partial charge in [0.25, 0.3) is 0 Å². The third-order valence-electron chi connectivity index (χ3n) is 3.82. The van der Waals surface area contributed by atoms with Gasteiger partial charge in [0.15, 0.2) is 0 Å². The van der Waals surface area contributed by atoms with E-state index in [1.165, 1.54) is 0 Å². The molecule has 1 fully saturated rings. The summed E-state index contributed by atoms with van der Waals surface area (Å²) in [6.45, 7) is 3.10. The Hall–Kier alpha value is -1.33. The Morgan fingerprint density at radius 2 is 2.33 bits per heavy atom. The second-order valence-electron chi connectivity index (χ2n) is 5.29.